The molecular weight excluding hydrogens is 319 g/mol. The number of benzene rings is 2. The second-order valence-electron chi connectivity index (χ2n) is 5.13. The van der Waals surface area contributed by atoms with Crippen molar-refractivity contribution in [1.29, 1.82) is 0 Å². The number of rotatable bonds is 5. The van der Waals surface area contributed by atoms with Crippen LogP contribution >= 0.6 is 23.2 Å². The van der Waals surface area contributed by atoms with Crippen LogP contribution in [-0.2, 0) is 4.79 Å². The van der Waals surface area contributed by atoms with E-state index in [9.17, 15) is 4.79 Å². The van der Waals surface area contributed by atoms with Gasteiger partial charge in [-0.05, 0) is 37.6 Å². The van der Waals surface area contributed by atoms with Crippen LogP contribution in [0.3, 0.4) is 0 Å². The number of halogens is 2. The highest BCUT2D eigenvalue weighted by Gasteiger charge is 2.17. The number of nitrogens with one attached hydrogen (secondary N) is 2. The van der Waals surface area contributed by atoms with Gasteiger partial charge in [0.2, 0.25) is 5.91 Å². The van der Waals surface area contributed by atoms with E-state index in [1.807, 2.05) is 44.2 Å². The van der Waals surface area contributed by atoms with Crippen molar-refractivity contribution in [3.05, 3.63) is 64.1 Å². The maximum absolute atomic E-state index is 12.3. The third-order valence-electron chi connectivity index (χ3n) is 3.38. The molecule has 0 radical (unpaired) electrons. The first-order chi connectivity index (χ1) is 10.5. The first kappa shape index (κ1) is 16.8. The second-order valence-corrected chi connectivity index (χ2v) is 5.98. The molecule has 0 aliphatic heterocycles. The number of carbonyl (C=O) groups is 1. The Kier molecular flexibility index (Phi) is 5.83. The van der Waals surface area contributed by atoms with E-state index >= 15 is 0 Å². The Morgan fingerprint density at radius 3 is 2.36 bits per heavy atom. The van der Waals surface area contributed by atoms with Crippen LogP contribution in [-0.4, -0.2) is 11.9 Å². The van der Waals surface area contributed by atoms with Crippen molar-refractivity contribution >= 4 is 34.8 Å². The molecule has 0 unspecified atom stereocenters. The highest BCUT2D eigenvalue weighted by molar-refractivity contribution is 6.36. The summed E-state index contributed by atoms with van der Waals surface area (Å²) in [5.74, 6) is -0.146. The van der Waals surface area contributed by atoms with Crippen LogP contribution in [0.25, 0.3) is 0 Å². The molecule has 0 heterocycles. The van der Waals surface area contributed by atoms with Gasteiger partial charge in [-0.1, -0.05) is 53.5 Å². The van der Waals surface area contributed by atoms with Gasteiger partial charge in [-0.25, -0.2) is 0 Å². The van der Waals surface area contributed by atoms with Crippen molar-refractivity contribution in [3.63, 3.8) is 0 Å². The normalized spacial score (nSPS) is 13.5. The molecular formula is C17H18Cl2N2O. The molecule has 0 spiro atoms. The van der Waals surface area contributed by atoms with Crippen LogP contribution < -0.4 is 10.6 Å². The summed E-state index contributed by atoms with van der Waals surface area (Å²) >= 11 is 11.9. The molecule has 0 aliphatic carbocycles. The lowest BCUT2D eigenvalue weighted by atomic mass is 10.1. The van der Waals surface area contributed by atoms with E-state index in [2.05, 4.69) is 10.6 Å². The maximum atomic E-state index is 12.3. The summed E-state index contributed by atoms with van der Waals surface area (Å²) < 4.78 is 0. The second kappa shape index (κ2) is 7.63. The van der Waals surface area contributed by atoms with E-state index in [1.54, 1.807) is 18.2 Å². The molecule has 116 valence electrons. The summed E-state index contributed by atoms with van der Waals surface area (Å²) in [4.78, 5) is 12.3. The Labute approximate surface area is 140 Å². The third kappa shape index (κ3) is 4.47. The van der Waals surface area contributed by atoms with Gasteiger partial charge in [0.25, 0.3) is 0 Å². The summed E-state index contributed by atoms with van der Waals surface area (Å²) in [5.41, 5.74) is 1.68. The first-order valence-corrected chi connectivity index (χ1v) is 7.80. The van der Waals surface area contributed by atoms with Gasteiger partial charge in [-0.2, -0.15) is 0 Å². The molecule has 2 atom stereocenters. The minimum atomic E-state index is -0.359. The Hall–Kier alpha value is -1.55. The molecule has 1 amide bonds. The molecule has 2 rings (SSSR count). The van der Waals surface area contributed by atoms with Crippen LogP contribution in [0.2, 0.25) is 10.0 Å². The fourth-order valence-corrected chi connectivity index (χ4v) is 2.58. The highest BCUT2D eigenvalue weighted by Crippen LogP contribution is 2.25. The largest absolute Gasteiger partial charge is 0.323 e. The standard InChI is InChI=1S/C17H18Cl2N2O/c1-11(13-6-4-3-5-7-13)20-12(2)17(22)21-16-9-8-14(18)10-15(16)19/h3-12,20H,1-2H3,(H,21,22)/t11-,12-/m0/s1. The van der Waals surface area contributed by atoms with Gasteiger partial charge in [0, 0.05) is 11.1 Å². The topological polar surface area (TPSA) is 41.1 Å². The lowest BCUT2D eigenvalue weighted by molar-refractivity contribution is -0.117. The zero-order valence-corrected chi connectivity index (χ0v) is 13.9. The fraction of sp³-hybridized carbons (Fsp3) is 0.235. The van der Waals surface area contributed by atoms with Crippen molar-refractivity contribution < 1.29 is 4.79 Å². The molecule has 0 bridgehead atoms. The Morgan fingerprint density at radius 2 is 1.73 bits per heavy atom. The van der Waals surface area contributed by atoms with E-state index in [0.717, 1.165) is 5.56 Å². The van der Waals surface area contributed by atoms with Gasteiger partial charge in [-0.15, -0.1) is 0 Å². The fourth-order valence-electron chi connectivity index (χ4n) is 2.12. The zero-order valence-electron chi connectivity index (χ0n) is 12.4. The van der Waals surface area contributed by atoms with E-state index in [4.69, 9.17) is 23.2 Å². The van der Waals surface area contributed by atoms with Gasteiger partial charge in [0.05, 0.1) is 16.8 Å². The monoisotopic (exact) mass is 336 g/mol. The van der Waals surface area contributed by atoms with Gasteiger partial charge >= 0.3 is 0 Å². The van der Waals surface area contributed by atoms with Gasteiger partial charge in [-0.3, -0.25) is 10.1 Å². The van der Waals surface area contributed by atoms with E-state index in [-0.39, 0.29) is 18.0 Å². The molecule has 22 heavy (non-hydrogen) atoms. The van der Waals surface area contributed by atoms with E-state index in [0.29, 0.717) is 15.7 Å². The summed E-state index contributed by atoms with van der Waals surface area (Å²) in [5, 5.41) is 7.02. The number of hydrogen-bond donors (Lipinski definition) is 2. The molecule has 5 heteroatoms. The Bertz CT molecular complexity index is 646. The minimum Gasteiger partial charge on any atom is -0.323 e. The van der Waals surface area contributed by atoms with Crippen LogP contribution in [0.4, 0.5) is 5.69 Å². The van der Waals surface area contributed by atoms with Crippen molar-refractivity contribution in [2.45, 2.75) is 25.9 Å². The number of carbonyl (C=O) groups excluding carboxylic acids is 1. The lowest BCUT2D eigenvalue weighted by Crippen LogP contribution is -2.39. The molecule has 2 N–H and O–H groups in total. The zero-order chi connectivity index (χ0) is 16.1. The molecule has 0 aromatic heterocycles. The molecule has 0 saturated carbocycles. The SMILES string of the molecule is C[C@H](N[C@@H](C)c1ccccc1)C(=O)Nc1ccc(Cl)cc1Cl. The van der Waals surface area contributed by atoms with Gasteiger partial charge in [0.1, 0.15) is 0 Å². The highest BCUT2D eigenvalue weighted by atomic mass is 35.5. The van der Waals surface area contributed by atoms with Crippen molar-refractivity contribution in [1.82, 2.24) is 5.32 Å². The summed E-state index contributed by atoms with van der Waals surface area (Å²) in [6.07, 6.45) is 0. The number of hydrogen-bond acceptors (Lipinski definition) is 2. The molecule has 2 aromatic carbocycles. The molecule has 0 fully saturated rings. The third-order valence-corrected chi connectivity index (χ3v) is 3.93. The van der Waals surface area contributed by atoms with E-state index < -0.39 is 0 Å². The lowest BCUT2D eigenvalue weighted by Gasteiger charge is -2.20. The summed E-state index contributed by atoms with van der Waals surface area (Å²) in [6, 6.07) is 14.7. The first-order valence-electron chi connectivity index (χ1n) is 7.04. The van der Waals surface area contributed by atoms with Crippen LogP contribution in [0.5, 0.6) is 0 Å². The smallest absolute Gasteiger partial charge is 0.241 e. The van der Waals surface area contributed by atoms with Crippen molar-refractivity contribution in [3.8, 4) is 0 Å². The van der Waals surface area contributed by atoms with Gasteiger partial charge in [0.15, 0.2) is 0 Å². The average Bonchev–Trinajstić information content (AvgIpc) is 2.50. The average molecular weight is 337 g/mol. The van der Waals surface area contributed by atoms with Gasteiger partial charge < -0.3 is 5.32 Å². The number of anilines is 1. The summed E-state index contributed by atoms with van der Waals surface area (Å²) in [7, 11) is 0. The Morgan fingerprint density at radius 1 is 1.05 bits per heavy atom. The predicted octanol–water partition coefficient (Wildman–Crippen LogP) is 4.67. The maximum Gasteiger partial charge on any atom is 0.241 e. The van der Waals surface area contributed by atoms with Crippen LogP contribution in [0.15, 0.2) is 48.5 Å². The van der Waals surface area contributed by atoms with Crippen molar-refractivity contribution in [2.75, 3.05) is 5.32 Å². The van der Waals surface area contributed by atoms with Crippen LogP contribution in [0.1, 0.15) is 25.5 Å². The molecule has 2 aromatic rings. The molecule has 0 aliphatic rings. The number of amides is 1. The molecule has 3 nitrogen and oxygen atoms in total. The minimum absolute atomic E-state index is 0.0719. The Balaban J connectivity index is 1.97. The molecule has 0 saturated heterocycles. The quantitative estimate of drug-likeness (QED) is 0.832. The summed E-state index contributed by atoms with van der Waals surface area (Å²) in [6.45, 7) is 3.84. The van der Waals surface area contributed by atoms with Crippen LogP contribution in [0, 0.1) is 0 Å². The van der Waals surface area contributed by atoms with E-state index in [1.165, 1.54) is 0 Å². The van der Waals surface area contributed by atoms with Crippen molar-refractivity contribution in [2.24, 2.45) is 0 Å². The predicted molar refractivity (Wildman–Crippen MR) is 92.5 cm³/mol.